The van der Waals surface area contributed by atoms with E-state index in [0.29, 0.717) is 12.8 Å². The molecule has 0 aromatic heterocycles. The smallest absolute Gasteiger partial charge is 0.151 e. The van der Waals surface area contributed by atoms with Gasteiger partial charge in [-0.2, -0.15) is 0 Å². The monoisotopic (exact) mass is 264 g/mol. The van der Waals surface area contributed by atoms with Crippen molar-refractivity contribution >= 4 is 9.84 Å². The summed E-state index contributed by atoms with van der Waals surface area (Å²) in [4.78, 5) is 2.05. The molecule has 6 heteroatoms. The Kier molecular flexibility index (Phi) is 4.57. The number of aliphatic hydroxyl groups is 1. The van der Waals surface area contributed by atoms with E-state index in [-0.39, 0.29) is 30.1 Å². The molecular weight excluding hydrogens is 240 g/mol. The molecule has 5 nitrogen and oxygen atoms in total. The summed E-state index contributed by atoms with van der Waals surface area (Å²) < 4.78 is 22.8. The van der Waals surface area contributed by atoms with E-state index >= 15 is 0 Å². The van der Waals surface area contributed by atoms with E-state index in [1.807, 2.05) is 14.0 Å². The number of nitrogens with two attached hydrogens (primary N) is 1. The van der Waals surface area contributed by atoms with Gasteiger partial charge < -0.3 is 10.8 Å². The molecule has 0 spiro atoms. The summed E-state index contributed by atoms with van der Waals surface area (Å²) in [5.41, 5.74) is 4.60. The fourth-order valence-corrected chi connectivity index (χ4v) is 4.11. The topological polar surface area (TPSA) is 83.6 Å². The average Bonchev–Trinajstić information content (AvgIpc) is 2.57. The first-order valence-corrected chi connectivity index (χ1v) is 7.84. The molecule has 17 heavy (non-hydrogen) atoms. The average molecular weight is 264 g/mol. The van der Waals surface area contributed by atoms with E-state index in [4.69, 9.17) is 5.73 Å². The van der Waals surface area contributed by atoms with Gasteiger partial charge in [0.05, 0.1) is 17.1 Å². The van der Waals surface area contributed by atoms with E-state index in [0.717, 1.165) is 0 Å². The summed E-state index contributed by atoms with van der Waals surface area (Å²) in [6.45, 7) is 3.92. The molecule has 3 N–H and O–H groups in total. The molecule has 0 aromatic rings. The second-order valence-corrected chi connectivity index (χ2v) is 7.71. The van der Waals surface area contributed by atoms with Crippen LogP contribution in [0.3, 0.4) is 0 Å². The SMILES string of the molecule is CC(CC(C)(O)CN)N(C)C1CCS(=O)(=O)C1. The van der Waals surface area contributed by atoms with Crippen LogP contribution in [0.1, 0.15) is 26.7 Å². The lowest BCUT2D eigenvalue weighted by Crippen LogP contribution is -2.45. The molecule has 0 aliphatic carbocycles. The maximum absolute atomic E-state index is 11.4. The molecule has 1 aliphatic rings. The van der Waals surface area contributed by atoms with Gasteiger partial charge in [0.25, 0.3) is 0 Å². The molecule has 3 atom stereocenters. The molecule has 0 bridgehead atoms. The van der Waals surface area contributed by atoms with E-state index in [1.54, 1.807) is 6.92 Å². The zero-order valence-electron chi connectivity index (χ0n) is 10.9. The fraction of sp³-hybridized carbons (Fsp3) is 1.00. The standard InChI is InChI=1S/C11H24N2O3S/c1-9(6-11(2,14)8-12)13(3)10-4-5-17(15,16)7-10/h9-10,14H,4-8,12H2,1-3H3. The Hall–Kier alpha value is -0.170. The summed E-state index contributed by atoms with van der Waals surface area (Å²) in [6, 6.07) is 0.190. The van der Waals surface area contributed by atoms with Crippen molar-refractivity contribution in [2.24, 2.45) is 5.73 Å². The van der Waals surface area contributed by atoms with Crippen molar-refractivity contribution < 1.29 is 13.5 Å². The van der Waals surface area contributed by atoms with Crippen LogP contribution >= 0.6 is 0 Å². The highest BCUT2D eigenvalue weighted by molar-refractivity contribution is 7.91. The Morgan fingerprint density at radius 2 is 2.18 bits per heavy atom. The summed E-state index contributed by atoms with van der Waals surface area (Å²) in [6.07, 6.45) is 1.24. The maximum Gasteiger partial charge on any atom is 0.151 e. The zero-order valence-corrected chi connectivity index (χ0v) is 11.7. The van der Waals surface area contributed by atoms with Crippen LogP contribution in [0.5, 0.6) is 0 Å². The largest absolute Gasteiger partial charge is 0.389 e. The van der Waals surface area contributed by atoms with Crippen LogP contribution in [0.2, 0.25) is 0 Å². The van der Waals surface area contributed by atoms with Crippen molar-refractivity contribution in [2.45, 2.75) is 44.4 Å². The fourth-order valence-electron chi connectivity index (χ4n) is 2.32. The van der Waals surface area contributed by atoms with Crippen molar-refractivity contribution in [1.82, 2.24) is 4.90 Å². The maximum atomic E-state index is 11.4. The van der Waals surface area contributed by atoms with Gasteiger partial charge in [-0.15, -0.1) is 0 Å². The number of nitrogens with zero attached hydrogens (tertiary/aromatic N) is 1. The Balaban J connectivity index is 2.56. The molecule has 1 fully saturated rings. The molecule has 102 valence electrons. The Bertz CT molecular complexity index is 354. The third-order valence-corrected chi connectivity index (χ3v) is 5.40. The lowest BCUT2D eigenvalue weighted by molar-refractivity contribution is 0.0276. The normalized spacial score (nSPS) is 29.2. The predicted molar refractivity (Wildman–Crippen MR) is 68.6 cm³/mol. The van der Waals surface area contributed by atoms with Crippen LogP contribution < -0.4 is 5.73 Å². The van der Waals surface area contributed by atoms with Crippen LogP contribution in [0.15, 0.2) is 0 Å². The van der Waals surface area contributed by atoms with Crippen molar-refractivity contribution in [3.8, 4) is 0 Å². The second kappa shape index (κ2) is 5.22. The summed E-state index contributed by atoms with van der Waals surface area (Å²) >= 11 is 0. The molecule has 0 radical (unpaired) electrons. The number of rotatable bonds is 5. The number of sulfone groups is 1. The van der Waals surface area contributed by atoms with Crippen LogP contribution in [-0.4, -0.2) is 61.2 Å². The molecule has 1 heterocycles. The number of hydrogen-bond acceptors (Lipinski definition) is 5. The summed E-state index contributed by atoms with van der Waals surface area (Å²) in [5, 5.41) is 9.92. The highest BCUT2D eigenvalue weighted by Crippen LogP contribution is 2.22. The van der Waals surface area contributed by atoms with Gasteiger partial charge in [-0.3, -0.25) is 4.90 Å². The van der Waals surface area contributed by atoms with E-state index < -0.39 is 15.4 Å². The van der Waals surface area contributed by atoms with Gasteiger partial charge in [-0.1, -0.05) is 0 Å². The van der Waals surface area contributed by atoms with Crippen molar-refractivity contribution in [2.75, 3.05) is 25.1 Å². The molecule has 0 aromatic carbocycles. The third-order valence-electron chi connectivity index (χ3n) is 3.65. The molecule has 0 amide bonds. The first kappa shape index (κ1) is 14.9. The van der Waals surface area contributed by atoms with Crippen molar-refractivity contribution in [3.05, 3.63) is 0 Å². The van der Waals surface area contributed by atoms with Crippen molar-refractivity contribution in [3.63, 3.8) is 0 Å². The van der Waals surface area contributed by atoms with Crippen LogP contribution in [0, 0.1) is 0 Å². The molecular formula is C11H24N2O3S. The van der Waals surface area contributed by atoms with Crippen LogP contribution in [0.25, 0.3) is 0 Å². The van der Waals surface area contributed by atoms with E-state index in [9.17, 15) is 13.5 Å². The summed E-state index contributed by atoms with van der Waals surface area (Å²) in [7, 11) is -0.933. The highest BCUT2D eigenvalue weighted by atomic mass is 32.2. The Morgan fingerprint density at radius 1 is 1.59 bits per heavy atom. The van der Waals surface area contributed by atoms with Crippen LogP contribution in [0.4, 0.5) is 0 Å². The first-order valence-electron chi connectivity index (χ1n) is 6.02. The minimum atomic E-state index is -2.85. The molecule has 1 saturated heterocycles. The zero-order chi connectivity index (χ0) is 13.3. The van der Waals surface area contributed by atoms with Crippen LogP contribution in [-0.2, 0) is 9.84 Å². The number of hydrogen-bond donors (Lipinski definition) is 2. The minimum Gasteiger partial charge on any atom is -0.389 e. The van der Waals surface area contributed by atoms with Gasteiger partial charge in [0.15, 0.2) is 9.84 Å². The lowest BCUT2D eigenvalue weighted by atomic mass is 9.96. The highest BCUT2D eigenvalue weighted by Gasteiger charge is 2.34. The summed E-state index contributed by atoms with van der Waals surface area (Å²) in [5.74, 6) is 0.515. The van der Waals surface area contributed by atoms with E-state index in [1.165, 1.54) is 0 Å². The lowest BCUT2D eigenvalue weighted by Gasteiger charge is -2.34. The molecule has 0 saturated carbocycles. The predicted octanol–water partition coefficient (Wildman–Crippen LogP) is -0.406. The van der Waals surface area contributed by atoms with Gasteiger partial charge in [0.2, 0.25) is 0 Å². The van der Waals surface area contributed by atoms with E-state index in [2.05, 4.69) is 4.90 Å². The van der Waals surface area contributed by atoms with Crippen molar-refractivity contribution in [1.29, 1.82) is 0 Å². The molecule has 3 unspecified atom stereocenters. The third kappa shape index (κ3) is 4.21. The second-order valence-electron chi connectivity index (χ2n) is 5.48. The van der Waals surface area contributed by atoms with Gasteiger partial charge in [0.1, 0.15) is 0 Å². The van der Waals surface area contributed by atoms with Gasteiger partial charge in [-0.05, 0) is 33.7 Å². The molecule has 1 rings (SSSR count). The Morgan fingerprint density at radius 3 is 2.59 bits per heavy atom. The minimum absolute atomic E-state index is 0.0728. The van der Waals surface area contributed by atoms with Gasteiger partial charge in [-0.25, -0.2) is 8.42 Å². The van der Waals surface area contributed by atoms with Gasteiger partial charge in [0, 0.05) is 18.6 Å². The molecule has 1 aliphatic heterocycles. The van der Waals surface area contributed by atoms with Gasteiger partial charge >= 0.3 is 0 Å². The Labute approximate surface area is 104 Å². The quantitative estimate of drug-likeness (QED) is 0.705. The first-order chi connectivity index (χ1) is 7.67.